The molecule has 27 heavy (non-hydrogen) atoms. The van der Waals surface area contributed by atoms with Crippen LogP contribution in [0.4, 0.5) is 10.3 Å². The number of H-pyrrole nitrogens is 1. The van der Waals surface area contributed by atoms with E-state index < -0.39 is 5.82 Å². The summed E-state index contributed by atoms with van der Waals surface area (Å²) in [5, 5.41) is 10.2. The Bertz CT molecular complexity index is 911. The molecule has 0 spiro atoms. The van der Waals surface area contributed by atoms with Crippen molar-refractivity contribution < 1.29 is 9.18 Å². The van der Waals surface area contributed by atoms with Gasteiger partial charge in [-0.05, 0) is 12.8 Å². The standard InChI is InChI=1S/C19H19FN6O/c20-14-9-21-19(22-10-14)24-15-7-4-8-26(12-15)18(27)16-11-23-25-17(16)13-5-2-1-3-6-13/h1-3,5-6,9-11,15H,4,7-8,12H2,(H,23,25)(H,21,22,24)/t15-/m1/s1. The lowest BCUT2D eigenvalue weighted by atomic mass is 10.0. The van der Waals surface area contributed by atoms with Crippen LogP contribution in [-0.2, 0) is 0 Å². The number of nitrogens with one attached hydrogen (secondary N) is 2. The molecule has 0 radical (unpaired) electrons. The molecule has 1 atom stereocenters. The molecule has 1 aliphatic rings. The molecule has 1 amide bonds. The predicted molar refractivity (Wildman–Crippen MR) is 98.6 cm³/mol. The van der Waals surface area contributed by atoms with Crippen molar-refractivity contribution in [3.63, 3.8) is 0 Å². The van der Waals surface area contributed by atoms with Gasteiger partial charge in [-0.3, -0.25) is 9.89 Å². The van der Waals surface area contributed by atoms with Crippen LogP contribution in [0.2, 0.25) is 0 Å². The Balaban J connectivity index is 1.48. The van der Waals surface area contributed by atoms with Crippen molar-refractivity contribution in [2.75, 3.05) is 18.4 Å². The quantitative estimate of drug-likeness (QED) is 0.741. The highest BCUT2D eigenvalue weighted by Crippen LogP contribution is 2.23. The summed E-state index contributed by atoms with van der Waals surface area (Å²) in [5.41, 5.74) is 2.20. The van der Waals surface area contributed by atoms with Gasteiger partial charge in [0.15, 0.2) is 5.82 Å². The van der Waals surface area contributed by atoms with Gasteiger partial charge in [0, 0.05) is 24.7 Å². The number of hydrogen-bond donors (Lipinski definition) is 2. The molecule has 1 saturated heterocycles. The minimum atomic E-state index is -0.477. The van der Waals surface area contributed by atoms with Crippen LogP contribution < -0.4 is 5.32 Å². The first-order valence-corrected chi connectivity index (χ1v) is 8.83. The van der Waals surface area contributed by atoms with E-state index in [2.05, 4.69) is 25.5 Å². The number of benzene rings is 1. The number of aromatic nitrogens is 4. The normalized spacial score (nSPS) is 16.9. The first-order chi connectivity index (χ1) is 13.2. The van der Waals surface area contributed by atoms with Crippen molar-refractivity contribution in [1.82, 2.24) is 25.1 Å². The summed E-state index contributed by atoms with van der Waals surface area (Å²) in [6.45, 7) is 1.21. The molecule has 8 heteroatoms. The fourth-order valence-corrected chi connectivity index (χ4v) is 3.29. The van der Waals surface area contributed by atoms with E-state index in [-0.39, 0.29) is 11.9 Å². The minimum absolute atomic E-state index is 0.0141. The third kappa shape index (κ3) is 3.79. The van der Waals surface area contributed by atoms with Crippen LogP contribution in [-0.4, -0.2) is 50.1 Å². The summed E-state index contributed by atoms with van der Waals surface area (Å²) >= 11 is 0. The van der Waals surface area contributed by atoms with Crippen molar-refractivity contribution in [3.05, 3.63) is 60.3 Å². The highest BCUT2D eigenvalue weighted by Gasteiger charge is 2.27. The number of carbonyl (C=O) groups is 1. The third-order valence-electron chi connectivity index (χ3n) is 4.59. The zero-order valence-electron chi connectivity index (χ0n) is 14.6. The van der Waals surface area contributed by atoms with E-state index >= 15 is 0 Å². The maximum atomic E-state index is 13.1. The summed E-state index contributed by atoms with van der Waals surface area (Å²) in [5.74, 6) is -0.174. The van der Waals surface area contributed by atoms with E-state index in [9.17, 15) is 9.18 Å². The molecule has 4 rings (SSSR count). The van der Waals surface area contributed by atoms with Crippen LogP contribution in [0.3, 0.4) is 0 Å². The van der Waals surface area contributed by atoms with Crippen molar-refractivity contribution in [2.45, 2.75) is 18.9 Å². The fourth-order valence-electron chi connectivity index (χ4n) is 3.29. The lowest BCUT2D eigenvalue weighted by molar-refractivity contribution is 0.0715. The van der Waals surface area contributed by atoms with Gasteiger partial charge in [0.1, 0.15) is 0 Å². The molecule has 3 heterocycles. The maximum Gasteiger partial charge on any atom is 0.257 e. The number of rotatable bonds is 4. The summed E-state index contributed by atoms with van der Waals surface area (Å²) < 4.78 is 13.0. The van der Waals surface area contributed by atoms with Gasteiger partial charge >= 0.3 is 0 Å². The van der Waals surface area contributed by atoms with E-state index in [0.717, 1.165) is 36.5 Å². The summed E-state index contributed by atoms with van der Waals surface area (Å²) in [6, 6.07) is 9.68. The van der Waals surface area contributed by atoms with E-state index in [1.807, 2.05) is 35.2 Å². The number of amides is 1. The Morgan fingerprint density at radius 1 is 1.19 bits per heavy atom. The second-order valence-electron chi connectivity index (χ2n) is 6.48. The molecule has 7 nitrogen and oxygen atoms in total. The van der Waals surface area contributed by atoms with Crippen molar-refractivity contribution in [3.8, 4) is 11.3 Å². The lowest BCUT2D eigenvalue weighted by Gasteiger charge is -2.33. The Kier molecular flexibility index (Phi) is 4.78. The molecular formula is C19H19FN6O. The number of carbonyl (C=O) groups excluding carboxylic acids is 1. The molecule has 0 bridgehead atoms. The molecule has 1 aromatic carbocycles. The van der Waals surface area contributed by atoms with Gasteiger partial charge in [-0.2, -0.15) is 5.10 Å². The number of halogens is 1. The molecule has 1 fully saturated rings. The van der Waals surface area contributed by atoms with E-state index in [1.54, 1.807) is 6.20 Å². The number of nitrogens with zero attached hydrogens (tertiary/aromatic N) is 4. The molecule has 1 aliphatic heterocycles. The van der Waals surface area contributed by atoms with Crippen LogP contribution in [0.25, 0.3) is 11.3 Å². The highest BCUT2D eigenvalue weighted by atomic mass is 19.1. The molecule has 2 N–H and O–H groups in total. The van der Waals surface area contributed by atoms with Crippen LogP contribution in [0.5, 0.6) is 0 Å². The molecule has 2 aromatic heterocycles. The number of piperidine rings is 1. The average Bonchev–Trinajstić information content (AvgIpc) is 3.20. The molecule has 138 valence electrons. The number of likely N-dealkylation sites (tertiary alicyclic amines) is 1. The zero-order chi connectivity index (χ0) is 18.6. The van der Waals surface area contributed by atoms with Gasteiger partial charge in [-0.1, -0.05) is 30.3 Å². The second kappa shape index (κ2) is 7.53. The minimum Gasteiger partial charge on any atom is -0.350 e. The molecular weight excluding hydrogens is 347 g/mol. The van der Waals surface area contributed by atoms with E-state index in [1.165, 1.54) is 0 Å². The van der Waals surface area contributed by atoms with Gasteiger partial charge in [0.25, 0.3) is 5.91 Å². The van der Waals surface area contributed by atoms with Crippen molar-refractivity contribution in [2.24, 2.45) is 0 Å². The molecule has 0 aliphatic carbocycles. The highest BCUT2D eigenvalue weighted by molar-refractivity contribution is 5.99. The first-order valence-electron chi connectivity index (χ1n) is 8.83. The summed E-state index contributed by atoms with van der Waals surface area (Å²) in [4.78, 5) is 22.7. The lowest BCUT2D eigenvalue weighted by Crippen LogP contribution is -2.45. The fraction of sp³-hybridized carbons (Fsp3) is 0.263. The van der Waals surface area contributed by atoms with Crippen LogP contribution >= 0.6 is 0 Å². The third-order valence-corrected chi connectivity index (χ3v) is 4.59. The van der Waals surface area contributed by atoms with E-state index in [4.69, 9.17) is 0 Å². The Morgan fingerprint density at radius 2 is 1.96 bits per heavy atom. The predicted octanol–water partition coefficient (Wildman–Crippen LogP) is 2.72. The van der Waals surface area contributed by atoms with Gasteiger partial charge in [-0.25, -0.2) is 14.4 Å². The second-order valence-corrected chi connectivity index (χ2v) is 6.48. The largest absolute Gasteiger partial charge is 0.350 e. The topological polar surface area (TPSA) is 86.8 Å². The zero-order valence-corrected chi connectivity index (χ0v) is 14.6. The Hall–Kier alpha value is -3.29. The Morgan fingerprint density at radius 3 is 2.74 bits per heavy atom. The van der Waals surface area contributed by atoms with Crippen LogP contribution in [0, 0.1) is 5.82 Å². The first kappa shape index (κ1) is 17.1. The SMILES string of the molecule is O=C(c1cn[nH]c1-c1ccccc1)N1CCC[C@@H](Nc2ncc(F)cn2)C1. The summed E-state index contributed by atoms with van der Waals surface area (Å²) in [7, 11) is 0. The number of anilines is 1. The van der Waals surface area contributed by atoms with Gasteiger partial charge in [0.2, 0.25) is 5.95 Å². The molecule has 0 saturated carbocycles. The smallest absolute Gasteiger partial charge is 0.257 e. The summed E-state index contributed by atoms with van der Waals surface area (Å²) in [6.07, 6.45) is 5.58. The van der Waals surface area contributed by atoms with Crippen LogP contribution in [0.15, 0.2) is 48.9 Å². The van der Waals surface area contributed by atoms with Crippen molar-refractivity contribution >= 4 is 11.9 Å². The van der Waals surface area contributed by atoms with Gasteiger partial charge in [0.05, 0.1) is 29.8 Å². The number of hydrogen-bond acceptors (Lipinski definition) is 5. The monoisotopic (exact) mass is 366 g/mol. The molecule has 0 unspecified atom stereocenters. The number of aromatic amines is 1. The van der Waals surface area contributed by atoms with Crippen LogP contribution in [0.1, 0.15) is 23.2 Å². The van der Waals surface area contributed by atoms with Gasteiger partial charge < -0.3 is 10.2 Å². The van der Waals surface area contributed by atoms with Crippen molar-refractivity contribution in [1.29, 1.82) is 0 Å². The molecule has 3 aromatic rings. The maximum absolute atomic E-state index is 13.1. The average molecular weight is 366 g/mol. The van der Waals surface area contributed by atoms with E-state index in [0.29, 0.717) is 24.6 Å². The Labute approximate surface area is 155 Å². The van der Waals surface area contributed by atoms with Gasteiger partial charge in [-0.15, -0.1) is 0 Å².